The molecule has 0 spiro atoms. The van der Waals surface area contributed by atoms with Gasteiger partial charge in [-0.2, -0.15) is 0 Å². The molecule has 0 radical (unpaired) electrons. The van der Waals surface area contributed by atoms with E-state index < -0.39 is 383 Å². The minimum absolute atomic E-state index is 0.868. The van der Waals surface area contributed by atoms with Gasteiger partial charge in [-0.05, 0) is 0 Å². The third kappa shape index (κ3) is 23.4. The summed E-state index contributed by atoms with van der Waals surface area (Å²) in [6, 6.07) is -9.54. The second-order valence-corrected chi connectivity index (χ2v) is 30.1. The number of carbonyl (C=O) groups excluding carboxylic acids is 5. The predicted octanol–water partition coefficient (Wildman–Crippen LogP) is -21.1. The van der Waals surface area contributed by atoms with E-state index in [1.807, 2.05) is 0 Å². The van der Waals surface area contributed by atoms with Crippen molar-refractivity contribution < 1.29 is 242 Å². The third-order valence-corrected chi connectivity index (χ3v) is 21.4. The number of amides is 5. The quantitative estimate of drug-likeness (QED) is 0.0275. The van der Waals surface area contributed by atoms with Crippen molar-refractivity contribution in [3.63, 3.8) is 0 Å². The maximum atomic E-state index is 13.7. The second kappa shape index (κ2) is 44.7. The fraction of sp³-hybridized carbons (Fsp3) is 0.910. The van der Waals surface area contributed by atoms with Gasteiger partial charge in [-0.25, -0.2) is 4.79 Å². The van der Waals surface area contributed by atoms with E-state index in [-0.39, 0.29) is 0 Å². The summed E-state index contributed by atoms with van der Waals surface area (Å²) in [5.41, 5.74) is 0. The Morgan fingerprint density at radius 2 is 0.736 bits per heavy atom. The van der Waals surface area contributed by atoms with E-state index in [9.17, 15) is 167 Å². The molecule has 700 valence electrons. The molecule has 0 aromatic carbocycles. The molecule has 0 aromatic rings. The van der Waals surface area contributed by atoms with Gasteiger partial charge < -0.3 is 240 Å². The fourth-order valence-corrected chi connectivity index (χ4v) is 15.2. The first-order valence-corrected chi connectivity index (χ1v) is 38.2. The monoisotopic (exact) mass is 1770 g/mol. The van der Waals surface area contributed by atoms with Crippen LogP contribution in [0.3, 0.4) is 0 Å². The number of aliphatic hydroxyl groups excluding tert-OH is 26. The van der Waals surface area contributed by atoms with E-state index in [0.717, 1.165) is 34.6 Å². The maximum absolute atomic E-state index is 13.7. The van der Waals surface area contributed by atoms with Gasteiger partial charge in [0.05, 0.1) is 84.3 Å². The molecular weight excluding hydrogens is 1660 g/mol. The number of carbonyl (C=O) groups is 6. The van der Waals surface area contributed by atoms with E-state index in [1.165, 1.54) is 0 Å². The van der Waals surface area contributed by atoms with Crippen LogP contribution in [0.5, 0.6) is 0 Å². The summed E-state index contributed by atoms with van der Waals surface area (Å²) in [6.45, 7) is -7.12. The van der Waals surface area contributed by atoms with Crippen LogP contribution in [0.1, 0.15) is 41.0 Å². The van der Waals surface area contributed by atoms with Gasteiger partial charge in [0, 0.05) is 41.0 Å². The molecule has 0 saturated carbocycles. The van der Waals surface area contributed by atoms with Crippen LogP contribution in [0, 0.1) is 0 Å². The number of carboxylic acids is 1. The summed E-state index contributed by atoms with van der Waals surface area (Å²) in [4.78, 5) is 77.3. The van der Waals surface area contributed by atoms with E-state index in [4.69, 9.17) is 75.8 Å². The van der Waals surface area contributed by atoms with Crippen LogP contribution < -0.4 is 26.6 Å². The van der Waals surface area contributed by atoms with Crippen LogP contribution in [-0.4, -0.2) is 515 Å². The molecule has 8 aliphatic heterocycles. The lowest BCUT2D eigenvalue weighted by Gasteiger charge is -2.52. The van der Waals surface area contributed by atoms with Crippen molar-refractivity contribution in [1.82, 2.24) is 26.6 Å². The average Bonchev–Trinajstić information content (AvgIpc) is 0.745. The SMILES string of the molecule is CC(=O)N[C@H]1[C@H](OC[C@@H](O)[C@H](O)[C@H](O[C@@H]2O[C@H](CO)[C@H](O)[C@H](O[C@@H]3O[C@H](CO)[C@@H](O[C@@H]4O[C@H](CO)[C@H](O[C@@H]5O[C@H](CO)[C@H](O)[C@H](O)[C@H]5NC(C)=O)[C@H](O[C@]5(C(=O)O)C[C@H](O)[C@@H](NC(C)=O)[C@H]([C@H](O)[C@H](O)CO)O5)[C@H]4O)[C@H](O)[C@H]3NC(C)=O)[C@H]2O)[C@H](CO)NC(C)=O)O[C@H](CO)[C@@H](O[C@@H]2O[C@H](CO)[C@H](O)[C@H](O[C@H]3O[C@H](CO)[C@H](O)[C@H](O)[C@H]3O)[C@H]2O)[C@@H]1O. The summed E-state index contributed by atoms with van der Waals surface area (Å²) >= 11 is 0. The normalized spacial score (nSPS) is 43.9. The van der Waals surface area contributed by atoms with Crippen LogP contribution in [-0.2, 0) is 105 Å². The molecule has 8 fully saturated rings. The molecule has 0 aromatic heterocycles. The van der Waals surface area contributed by atoms with E-state index in [2.05, 4.69) is 26.6 Å². The minimum Gasteiger partial charge on any atom is -0.477 e. The summed E-state index contributed by atoms with van der Waals surface area (Å²) < 4.78 is 93.7. The van der Waals surface area contributed by atoms with Crippen LogP contribution in [0.2, 0.25) is 0 Å². The standard InChI is InChI=1S/C67H113N5O49/c1-17(82)68-22(7-73)51(38(91)25(89)16-106-59-35(71-20(4)85)44(97)52(30(13-79)111-59)115-64-49(102)57(42(95)29(12-78)110-64)119-62-47(100)46(99)40(93)27(10-76)108-62)114-63-48(101)56(41(94)28(11-77)109-63)118-61-36(72-21(5)86)45(98)53(31(14-80)112-61)116-65-50(103)58(54(32(15-81)113-65)117-60-34(70-19(3)84)43(96)39(92)26(9-75)107-60)121-67(66(104)105)6-23(87)33(69-18(2)83)55(120-67)37(90)24(88)8-74/h22-65,73-81,87-103H,6-16H2,1-5H3,(H,68,82)(H,69,83)(H,70,84)(H,71,85)(H,72,86)(H,104,105)/t22-,23-,24+,25+,26+,27+,28+,29+,30+,31+,32+,33+,34+,35+,36+,37+,38-,39-,40-,41-,42-,43+,44+,45+,46-,47+,48+,49+,50+,51+,52+,53+,54-,55+,56-,57-,58+,59+,60-,61-,62+,63-,64-,65-,67-/m0/s1. The molecule has 54 heteroatoms. The number of ether oxygens (including phenoxy) is 16. The molecule has 0 unspecified atom stereocenters. The Labute approximate surface area is 685 Å². The Hall–Kier alpha value is -4.86. The van der Waals surface area contributed by atoms with Crippen molar-refractivity contribution in [3.05, 3.63) is 0 Å². The Bertz CT molecular complexity index is 3280. The summed E-state index contributed by atoms with van der Waals surface area (Å²) in [7, 11) is 0. The predicted molar refractivity (Wildman–Crippen MR) is 374 cm³/mol. The zero-order valence-electron chi connectivity index (χ0n) is 65.2. The first-order valence-electron chi connectivity index (χ1n) is 38.2. The van der Waals surface area contributed by atoms with Crippen molar-refractivity contribution in [2.24, 2.45) is 0 Å². The van der Waals surface area contributed by atoms with Crippen molar-refractivity contribution in [3.8, 4) is 0 Å². The zero-order chi connectivity index (χ0) is 90.0. The molecule has 8 saturated heterocycles. The molecule has 121 heavy (non-hydrogen) atoms. The Balaban J connectivity index is 1.04. The van der Waals surface area contributed by atoms with Crippen LogP contribution in [0.15, 0.2) is 0 Å². The largest absolute Gasteiger partial charge is 0.477 e. The summed E-state index contributed by atoms with van der Waals surface area (Å²) in [6.07, 6.45) is -85.6. The second-order valence-electron chi connectivity index (χ2n) is 30.1. The molecule has 0 aliphatic carbocycles. The van der Waals surface area contributed by atoms with Gasteiger partial charge in [0.1, 0.15) is 207 Å². The third-order valence-electron chi connectivity index (χ3n) is 21.4. The van der Waals surface area contributed by atoms with Crippen molar-refractivity contribution >= 4 is 35.5 Å². The molecule has 8 aliphatic rings. The number of hydrogen-bond acceptors (Lipinski definition) is 48. The smallest absolute Gasteiger partial charge is 0.364 e. The number of carboxylic acid groups (broad SMARTS) is 1. The number of aliphatic carboxylic acids is 1. The van der Waals surface area contributed by atoms with Gasteiger partial charge in [-0.3, -0.25) is 24.0 Å². The number of nitrogens with one attached hydrogen (secondary N) is 5. The van der Waals surface area contributed by atoms with Crippen LogP contribution >= 0.6 is 0 Å². The number of hydrogen-bond donors (Lipinski definition) is 32. The maximum Gasteiger partial charge on any atom is 0.364 e. The van der Waals surface area contributed by atoms with Crippen LogP contribution in [0.25, 0.3) is 0 Å². The van der Waals surface area contributed by atoms with Crippen molar-refractivity contribution in [2.75, 3.05) is 66.1 Å². The fourth-order valence-electron chi connectivity index (χ4n) is 15.2. The first-order chi connectivity index (χ1) is 57.0. The lowest BCUT2D eigenvalue weighted by Crippen LogP contribution is -2.72. The topological polar surface area (TPSA) is 856 Å². The van der Waals surface area contributed by atoms with Crippen molar-refractivity contribution in [2.45, 2.75) is 316 Å². The lowest BCUT2D eigenvalue weighted by molar-refractivity contribution is -0.401. The molecule has 54 nitrogen and oxygen atoms in total. The highest BCUT2D eigenvalue weighted by Gasteiger charge is 2.64. The van der Waals surface area contributed by atoms with Gasteiger partial charge in [-0.15, -0.1) is 0 Å². The molecular formula is C67H113N5O49. The molecule has 0 bridgehead atoms. The van der Waals surface area contributed by atoms with Gasteiger partial charge in [-0.1, -0.05) is 0 Å². The Morgan fingerprint density at radius 1 is 0.372 bits per heavy atom. The molecule has 5 amide bonds. The molecule has 8 heterocycles. The molecule has 8 rings (SSSR count). The molecule has 45 atom stereocenters. The Morgan fingerprint density at radius 3 is 1.19 bits per heavy atom. The van der Waals surface area contributed by atoms with Gasteiger partial charge in [0.2, 0.25) is 29.5 Å². The highest BCUT2D eigenvalue weighted by atomic mass is 16.8. The Kier molecular flexibility index (Phi) is 37.5. The van der Waals surface area contributed by atoms with E-state index in [1.54, 1.807) is 0 Å². The van der Waals surface area contributed by atoms with Gasteiger partial charge >= 0.3 is 5.97 Å². The number of rotatable bonds is 37. The minimum atomic E-state index is -3.46. The average molecular weight is 1770 g/mol. The zero-order valence-corrected chi connectivity index (χ0v) is 65.2. The van der Waals surface area contributed by atoms with Crippen molar-refractivity contribution in [1.29, 1.82) is 0 Å². The summed E-state index contributed by atoms with van der Waals surface area (Å²) in [5.74, 6) is -10.5. The van der Waals surface area contributed by atoms with Gasteiger partial charge in [0.25, 0.3) is 5.79 Å². The van der Waals surface area contributed by atoms with E-state index in [0.29, 0.717) is 0 Å². The molecule has 32 N–H and O–H groups in total. The highest BCUT2D eigenvalue weighted by Crippen LogP contribution is 2.42. The highest BCUT2D eigenvalue weighted by molar-refractivity contribution is 5.77. The summed E-state index contributed by atoms with van der Waals surface area (Å²) in [5, 5.41) is 311. The van der Waals surface area contributed by atoms with Gasteiger partial charge in [0.15, 0.2) is 44.0 Å². The van der Waals surface area contributed by atoms with E-state index >= 15 is 0 Å². The van der Waals surface area contributed by atoms with Crippen LogP contribution in [0.4, 0.5) is 0 Å². The lowest BCUT2D eigenvalue weighted by atomic mass is 9.88. The first kappa shape index (κ1) is 102. The number of aliphatic hydroxyl groups is 26.